The van der Waals surface area contributed by atoms with E-state index < -0.39 is 24.3 Å². The first-order valence-corrected chi connectivity index (χ1v) is 10.4. The fourth-order valence-electron chi connectivity index (χ4n) is 3.02. The minimum absolute atomic E-state index is 0.464. The third-order valence-electron chi connectivity index (χ3n) is 5.01. The van der Waals surface area contributed by atoms with Crippen molar-refractivity contribution in [2.24, 2.45) is 0 Å². The fraction of sp³-hybridized carbons (Fsp3) is 0.200. The summed E-state index contributed by atoms with van der Waals surface area (Å²) in [5, 5.41) is 20.1. The molecule has 0 amide bonds. The van der Waals surface area contributed by atoms with E-state index in [2.05, 4.69) is 32.4 Å². The van der Waals surface area contributed by atoms with Gasteiger partial charge in [0.1, 0.15) is 30.5 Å². The fourth-order valence-corrected chi connectivity index (χ4v) is 3.02. The van der Waals surface area contributed by atoms with Crippen LogP contribution in [0.15, 0.2) is 73.2 Å². The first-order chi connectivity index (χ1) is 16.4. The summed E-state index contributed by atoms with van der Waals surface area (Å²) in [6.07, 6.45) is 0.361. The van der Waals surface area contributed by atoms with Crippen molar-refractivity contribution >= 4 is 0 Å². The summed E-state index contributed by atoms with van der Waals surface area (Å²) in [5.74, 6) is 3.01. The van der Waals surface area contributed by atoms with Gasteiger partial charge in [0, 0.05) is 17.3 Å². The van der Waals surface area contributed by atoms with Gasteiger partial charge in [0.25, 0.3) is 0 Å². The largest absolute Gasteiger partial charge is 0.489 e. The van der Waals surface area contributed by atoms with E-state index in [1.54, 1.807) is 0 Å². The van der Waals surface area contributed by atoms with Gasteiger partial charge in [-0.25, -0.2) is 4.68 Å². The number of aromatic nitrogens is 5. The molecular weight excluding hydrogens is 440 g/mol. The Morgan fingerprint density at radius 2 is 1.71 bits per heavy atom. The van der Waals surface area contributed by atoms with Crippen LogP contribution in [0.5, 0.6) is 5.75 Å². The van der Waals surface area contributed by atoms with Crippen LogP contribution in [0, 0.1) is 18.8 Å². The maximum Gasteiger partial charge on any atom is 0.316 e. The van der Waals surface area contributed by atoms with Crippen LogP contribution < -0.4 is 4.74 Å². The van der Waals surface area contributed by atoms with Gasteiger partial charge in [-0.2, -0.15) is 8.78 Å². The summed E-state index contributed by atoms with van der Waals surface area (Å²) in [6, 6.07) is 18.0. The number of hydrogen-bond acceptors (Lipinski definition) is 6. The Kier molecular flexibility index (Phi) is 6.90. The van der Waals surface area contributed by atoms with Crippen molar-refractivity contribution in [2.75, 3.05) is 0 Å². The Balaban J connectivity index is 1.35. The minimum atomic E-state index is -3.58. The van der Waals surface area contributed by atoms with Crippen molar-refractivity contribution < 1.29 is 18.6 Å². The summed E-state index contributed by atoms with van der Waals surface area (Å²) in [4.78, 5) is 3.79. The third-order valence-corrected chi connectivity index (χ3v) is 5.01. The van der Waals surface area contributed by atoms with Gasteiger partial charge in [0.05, 0.1) is 6.54 Å². The van der Waals surface area contributed by atoms with Crippen molar-refractivity contribution in [1.29, 1.82) is 0 Å². The van der Waals surface area contributed by atoms with E-state index in [4.69, 9.17) is 4.74 Å². The summed E-state index contributed by atoms with van der Waals surface area (Å²) in [7, 11) is 0. The van der Waals surface area contributed by atoms with Crippen LogP contribution >= 0.6 is 0 Å². The highest BCUT2D eigenvalue weighted by molar-refractivity contribution is 5.44. The van der Waals surface area contributed by atoms with E-state index >= 15 is 0 Å². The molecule has 0 radical (unpaired) electrons. The predicted octanol–water partition coefficient (Wildman–Crippen LogP) is 3.51. The molecular formula is C25H21F2N5O2. The lowest BCUT2D eigenvalue weighted by Gasteiger charge is -2.21. The average Bonchev–Trinajstić information content (AvgIpc) is 3.36. The van der Waals surface area contributed by atoms with E-state index in [0.29, 0.717) is 12.2 Å². The van der Waals surface area contributed by atoms with Crippen LogP contribution in [-0.4, -0.2) is 36.4 Å². The van der Waals surface area contributed by atoms with Crippen LogP contribution in [0.2, 0.25) is 0 Å². The molecule has 4 rings (SSSR count). The molecule has 0 aliphatic carbocycles. The number of pyridine rings is 1. The highest BCUT2D eigenvalue weighted by Gasteiger charge is 2.42. The lowest BCUT2D eigenvalue weighted by molar-refractivity contribution is -0.124. The van der Waals surface area contributed by atoms with Crippen LogP contribution in [-0.2, 0) is 19.1 Å². The molecule has 1 unspecified atom stereocenters. The number of halogens is 2. The summed E-state index contributed by atoms with van der Waals surface area (Å²) >= 11 is 0. The average molecular weight is 461 g/mol. The van der Waals surface area contributed by atoms with Crippen molar-refractivity contribution in [2.45, 2.75) is 32.1 Å². The number of aryl methyl sites for hydroxylation is 1. The highest BCUT2D eigenvalue weighted by atomic mass is 19.3. The molecule has 7 nitrogen and oxygen atoms in total. The van der Waals surface area contributed by atoms with E-state index in [0.717, 1.165) is 34.0 Å². The number of rotatable bonds is 7. The number of alkyl halides is 2. The van der Waals surface area contributed by atoms with Crippen molar-refractivity contribution in [1.82, 2.24) is 25.2 Å². The molecule has 9 heteroatoms. The summed E-state index contributed by atoms with van der Waals surface area (Å²) in [6.45, 7) is 2.04. The van der Waals surface area contributed by atoms with Crippen LogP contribution in [0.1, 0.15) is 27.9 Å². The molecule has 0 saturated heterocycles. The Bertz CT molecular complexity index is 1260. The molecule has 2 heterocycles. The second kappa shape index (κ2) is 10.2. The van der Waals surface area contributed by atoms with Gasteiger partial charge in [-0.15, -0.1) is 5.10 Å². The van der Waals surface area contributed by atoms with Gasteiger partial charge in [-0.05, 0) is 59.3 Å². The minimum Gasteiger partial charge on any atom is -0.489 e. The van der Waals surface area contributed by atoms with Gasteiger partial charge in [-0.3, -0.25) is 4.98 Å². The third kappa shape index (κ3) is 5.79. The van der Waals surface area contributed by atoms with Gasteiger partial charge < -0.3 is 9.84 Å². The molecule has 1 atom stereocenters. The van der Waals surface area contributed by atoms with Gasteiger partial charge >= 0.3 is 5.92 Å². The number of tetrazole rings is 1. The number of hydrogen-bond donors (Lipinski definition) is 1. The zero-order chi connectivity index (χ0) is 24.0. The van der Waals surface area contributed by atoms with E-state index in [9.17, 15) is 13.9 Å². The molecule has 0 fully saturated rings. The van der Waals surface area contributed by atoms with Crippen LogP contribution in [0.3, 0.4) is 0 Å². The van der Waals surface area contributed by atoms with Gasteiger partial charge in [0.15, 0.2) is 0 Å². The first kappa shape index (κ1) is 23.0. The van der Waals surface area contributed by atoms with E-state index in [-0.39, 0.29) is 0 Å². The molecule has 172 valence electrons. The number of benzene rings is 2. The standard InChI is InChI=1S/C25H21F2N5O2/c1-18-2-4-21(5-3-18)16-34-22-11-8-19(9-12-22)6-7-20-10-13-23(28-14-20)25(26,27)24(33)15-32-17-29-30-31-32/h2-5,8-14,17,24,33H,15-16H2,1H3. The molecule has 2 aromatic carbocycles. The molecule has 2 aromatic heterocycles. The Morgan fingerprint density at radius 3 is 2.35 bits per heavy atom. The zero-order valence-electron chi connectivity index (χ0n) is 18.3. The van der Waals surface area contributed by atoms with Gasteiger partial charge in [0.2, 0.25) is 0 Å². The number of aliphatic hydroxyl groups is 1. The van der Waals surface area contributed by atoms with Crippen molar-refractivity contribution in [3.63, 3.8) is 0 Å². The first-order valence-electron chi connectivity index (χ1n) is 10.4. The van der Waals surface area contributed by atoms with Gasteiger partial charge in [-0.1, -0.05) is 41.7 Å². The summed E-state index contributed by atoms with van der Waals surface area (Å²) in [5.41, 5.74) is 2.93. The lowest BCUT2D eigenvalue weighted by atomic mass is 10.1. The van der Waals surface area contributed by atoms with Crippen molar-refractivity contribution in [3.05, 3.63) is 101 Å². The normalized spacial score (nSPS) is 12.0. The second-order valence-electron chi connectivity index (χ2n) is 7.65. The quantitative estimate of drug-likeness (QED) is 0.424. The van der Waals surface area contributed by atoms with Crippen LogP contribution in [0.4, 0.5) is 8.78 Å². The SMILES string of the molecule is Cc1ccc(COc2ccc(C#Cc3ccc(C(F)(F)C(O)Cn4cnnn4)nc3)cc2)cc1. The number of ether oxygens (including phenoxy) is 1. The van der Waals surface area contributed by atoms with E-state index in [1.807, 2.05) is 55.5 Å². The Labute approximate surface area is 195 Å². The smallest absolute Gasteiger partial charge is 0.316 e. The molecule has 0 saturated carbocycles. The molecule has 0 aliphatic heterocycles. The zero-order valence-corrected chi connectivity index (χ0v) is 18.3. The lowest BCUT2D eigenvalue weighted by Crippen LogP contribution is -2.35. The van der Waals surface area contributed by atoms with E-state index in [1.165, 1.54) is 17.8 Å². The number of nitrogens with zero attached hydrogens (tertiary/aromatic N) is 5. The molecule has 0 aliphatic rings. The molecule has 0 bridgehead atoms. The topological polar surface area (TPSA) is 86.0 Å². The highest BCUT2D eigenvalue weighted by Crippen LogP contribution is 2.31. The molecule has 1 N–H and O–H groups in total. The maximum atomic E-state index is 14.5. The maximum absolute atomic E-state index is 14.5. The molecule has 4 aromatic rings. The van der Waals surface area contributed by atoms with Crippen molar-refractivity contribution in [3.8, 4) is 17.6 Å². The Hall–Kier alpha value is -4.16. The molecule has 34 heavy (non-hydrogen) atoms. The molecule has 0 spiro atoms. The predicted molar refractivity (Wildman–Crippen MR) is 120 cm³/mol. The second-order valence-corrected chi connectivity index (χ2v) is 7.65. The number of aliphatic hydroxyl groups excluding tert-OH is 1. The summed E-state index contributed by atoms with van der Waals surface area (Å²) < 4.78 is 35.8. The Morgan fingerprint density at radius 1 is 1.00 bits per heavy atom. The van der Waals surface area contributed by atoms with Crippen LogP contribution in [0.25, 0.3) is 0 Å². The monoisotopic (exact) mass is 461 g/mol.